The van der Waals surface area contributed by atoms with Crippen molar-refractivity contribution < 1.29 is 14.3 Å². The summed E-state index contributed by atoms with van der Waals surface area (Å²) in [5.74, 6) is -0.191. The third-order valence-corrected chi connectivity index (χ3v) is 5.50. The summed E-state index contributed by atoms with van der Waals surface area (Å²) < 4.78 is 5.36. The van der Waals surface area contributed by atoms with Gasteiger partial charge in [-0.3, -0.25) is 9.69 Å². The van der Waals surface area contributed by atoms with Gasteiger partial charge in [-0.2, -0.15) is 0 Å². The summed E-state index contributed by atoms with van der Waals surface area (Å²) in [4.78, 5) is 26.2. The summed E-state index contributed by atoms with van der Waals surface area (Å²) >= 11 is 12.1. The van der Waals surface area contributed by atoms with E-state index in [9.17, 15) is 9.59 Å². The number of hydrogen-bond acceptors (Lipinski definition) is 3. The highest BCUT2D eigenvalue weighted by Crippen LogP contribution is 2.28. The van der Waals surface area contributed by atoms with Gasteiger partial charge in [0.2, 0.25) is 5.91 Å². The molecule has 0 fully saturated rings. The van der Waals surface area contributed by atoms with Gasteiger partial charge in [-0.05, 0) is 62.4 Å². The number of carbonyl (C=O) groups is 2. The number of nitrogens with one attached hydrogen (secondary N) is 1. The van der Waals surface area contributed by atoms with Crippen LogP contribution < -0.4 is 5.32 Å². The molecule has 2 rings (SSSR count). The topological polar surface area (TPSA) is 58.6 Å². The molecule has 0 spiro atoms. The minimum atomic E-state index is -0.608. The number of benzene rings is 2. The van der Waals surface area contributed by atoms with Gasteiger partial charge in [0.1, 0.15) is 11.6 Å². The van der Waals surface area contributed by atoms with Crippen molar-refractivity contribution in [2.45, 2.75) is 52.2 Å². The molecule has 31 heavy (non-hydrogen) atoms. The molecule has 2 aromatic rings. The van der Waals surface area contributed by atoms with E-state index in [-0.39, 0.29) is 5.91 Å². The molecule has 0 aromatic heterocycles. The van der Waals surface area contributed by atoms with Gasteiger partial charge in [0.05, 0.1) is 10.0 Å². The van der Waals surface area contributed by atoms with Crippen LogP contribution in [0.1, 0.15) is 39.7 Å². The van der Waals surface area contributed by atoms with Crippen LogP contribution >= 0.6 is 23.2 Å². The molecule has 0 aliphatic carbocycles. The summed E-state index contributed by atoms with van der Waals surface area (Å²) in [6.07, 6.45) is 0.673. The molecule has 0 unspecified atom stereocenters. The average molecular weight is 465 g/mol. The van der Waals surface area contributed by atoms with Crippen molar-refractivity contribution in [3.05, 3.63) is 58.1 Å². The Kier molecular flexibility index (Phi) is 8.78. The Morgan fingerprint density at radius 1 is 1.03 bits per heavy atom. The zero-order chi connectivity index (χ0) is 23.2. The van der Waals surface area contributed by atoms with Gasteiger partial charge in [0.25, 0.3) is 0 Å². The molecule has 0 saturated heterocycles. The summed E-state index contributed by atoms with van der Waals surface area (Å²) in [6, 6.07) is 13.0. The summed E-state index contributed by atoms with van der Waals surface area (Å²) in [7, 11) is 1.59. The third kappa shape index (κ3) is 7.44. The van der Waals surface area contributed by atoms with Crippen LogP contribution in [0.25, 0.3) is 11.1 Å². The maximum atomic E-state index is 12.6. The van der Waals surface area contributed by atoms with Crippen LogP contribution in [0, 0.1) is 0 Å². The number of hydrogen-bond donors (Lipinski definition) is 1. The van der Waals surface area contributed by atoms with E-state index in [4.69, 9.17) is 27.9 Å². The number of nitrogens with zero attached hydrogens (tertiary/aromatic N) is 1. The molecule has 0 saturated carbocycles. The summed E-state index contributed by atoms with van der Waals surface area (Å²) in [5, 5.41) is 3.97. The first-order valence-corrected chi connectivity index (χ1v) is 11.0. The van der Waals surface area contributed by atoms with Crippen LogP contribution in [0.5, 0.6) is 0 Å². The van der Waals surface area contributed by atoms with E-state index in [0.29, 0.717) is 29.4 Å². The fraction of sp³-hybridized carbons (Fsp3) is 0.417. The molecular weight excluding hydrogens is 435 g/mol. The zero-order valence-corrected chi connectivity index (χ0v) is 20.2. The molecule has 0 radical (unpaired) electrons. The van der Waals surface area contributed by atoms with Gasteiger partial charge in [0.15, 0.2) is 0 Å². The molecule has 0 bridgehead atoms. The minimum Gasteiger partial charge on any atom is -0.444 e. The summed E-state index contributed by atoms with van der Waals surface area (Å²) in [5.41, 5.74) is 2.52. The van der Waals surface area contributed by atoms with Crippen LogP contribution in [0.3, 0.4) is 0 Å². The molecule has 168 valence electrons. The van der Waals surface area contributed by atoms with Gasteiger partial charge in [-0.15, -0.1) is 0 Å². The molecule has 0 aliphatic rings. The maximum Gasteiger partial charge on any atom is 0.410 e. The average Bonchev–Trinajstić information content (AvgIpc) is 2.70. The first-order valence-electron chi connectivity index (χ1n) is 10.3. The van der Waals surface area contributed by atoms with Crippen molar-refractivity contribution in [1.82, 2.24) is 10.2 Å². The molecule has 5 nitrogen and oxygen atoms in total. The number of ether oxygens (including phenoxy) is 1. The first kappa shape index (κ1) is 25.0. The van der Waals surface area contributed by atoms with Crippen molar-refractivity contribution in [3.8, 4) is 11.1 Å². The maximum absolute atomic E-state index is 12.6. The first-order chi connectivity index (χ1) is 14.5. The van der Waals surface area contributed by atoms with Gasteiger partial charge < -0.3 is 10.1 Å². The van der Waals surface area contributed by atoms with Gasteiger partial charge in [0, 0.05) is 13.6 Å². The number of likely N-dealkylation sites (N-methyl/N-ethyl adjacent to an activating group) is 1. The van der Waals surface area contributed by atoms with E-state index in [1.165, 1.54) is 4.90 Å². The normalized spacial score (nSPS) is 12.2. The number of carbonyl (C=O) groups excluding carboxylic acids is 2. The fourth-order valence-corrected chi connectivity index (χ4v) is 3.38. The molecule has 1 N–H and O–H groups in total. The predicted molar refractivity (Wildman–Crippen MR) is 127 cm³/mol. The lowest BCUT2D eigenvalue weighted by atomic mass is 10.0. The van der Waals surface area contributed by atoms with E-state index < -0.39 is 17.7 Å². The van der Waals surface area contributed by atoms with E-state index in [1.54, 1.807) is 33.9 Å². The lowest BCUT2D eigenvalue weighted by Crippen LogP contribution is -2.49. The second-order valence-electron chi connectivity index (χ2n) is 8.38. The van der Waals surface area contributed by atoms with Crippen molar-refractivity contribution in [2.75, 3.05) is 13.6 Å². The second kappa shape index (κ2) is 10.9. The number of amides is 2. The van der Waals surface area contributed by atoms with E-state index in [0.717, 1.165) is 16.7 Å². The van der Waals surface area contributed by atoms with E-state index >= 15 is 0 Å². The molecule has 0 aliphatic heterocycles. The van der Waals surface area contributed by atoms with Gasteiger partial charge >= 0.3 is 6.09 Å². The highest BCUT2D eigenvalue weighted by atomic mass is 35.5. The van der Waals surface area contributed by atoms with Crippen molar-refractivity contribution >= 4 is 35.2 Å². The lowest BCUT2D eigenvalue weighted by molar-refractivity contribution is -0.126. The Morgan fingerprint density at radius 2 is 1.65 bits per heavy atom. The minimum absolute atomic E-state index is 0.191. The Hall–Kier alpha value is -2.24. The van der Waals surface area contributed by atoms with Crippen LogP contribution in [-0.4, -0.2) is 42.1 Å². The predicted octanol–water partition coefficient (Wildman–Crippen LogP) is 5.96. The highest BCUT2D eigenvalue weighted by molar-refractivity contribution is 6.42. The quantitative estimate of drug-likeness (QED) is 0.549. The molecule has 2 amide bonds. The molecule has 7 heteroatoms. The fourth-order valence-electron chi connectivity index (χ4n) is 3.08. The lowest BCUT2D eigenvalue weighted by Gasteiger charge is -2.29. The van der Waals surface area contributed by atoms with Gasteiger partial charge in [-0.1, -0.05) is 60.5 Å². The van der Waals surface area contributed by atoms with Crippen LogP contribution in [0.15, 0.2) is 42.5 Å². The van der Waals surface area contributed by atoms with Crippen LogP contribution in [0.2, 0.25) is 10.0 Å². The Morgan fingerprint density at radius 3 is 2.19 bits per heavy atom. The van der Waals surface area contributed by atoms with Crippen LogP contribution in [-0.2, 0) is 16.0 Å². The standard InChI is InChI=1S/C24H30Cl2N2O3/c1-6-21(28(5)23(30)31-24(2,3)4)22(29)27-14-13-16-7-9-17(10-8-16)18-11-12-19(25)20(26)15-18/h7-12,15,21H,6,13-14H2,1-5H3,(H,27,29)/t21-/m0/s1. The van der Waals surface area contributed by atoms with E-state index in [2.05, 4.69) is 5.32 Å². The second-order valence-corrected chi connectivity index (χ2v) is 9.20. The smallest absolute Gasteiger partial charge is 0.410 e. The Bertz CT molecular complexity index is 908. The number of halogens is 2. The van der Waals surface area contributed by atoms with Gasteiger partial charge in [-0.25, -0.2) is 4.79 Å². The highest BCUT2D eigenvalue weighted by Gasteiger charge is 2.28. The third-order valence-electron chi connectivity index (χ3n) is 4.76. The molecule has 1 atom stereocenters. The van der Waals surface area contributed by atoms with Crippen LogP contribution in [0.4, 0.5) is 4.79 Å². The number of rotatable bonds is 7. The molecule has 2 aromatic carbocycles. The Labute approximate surface area is 194 Å². The van der Waals surface area contributed by atoms with E-state index in [1.807, 2.05) is 43.3 Å². The van der Waals surface area contributed by atoms with Crippen molar-refractivity contribution in [2.24, 2.45) is 0 Å². The zero-order valence-electron chi connectivity index (χ0n) is 18.7. The monoisotopic (exact) mass is 464 g/mol. The Balaban J connectivity index is 1.90. The SMILES string of the molecule is CC[C@@H](C(=O)NCCc1ccc(-c2ccc(Cl)c(Cl)c2)cc1)N(C)C(=O)OC(C)(C)C. The molecular formula is C24H30Cl2N2O3. The van der Waals surface area contributed by atoms with Crippen molar-refractivity contribution in [3.63, 3.8) is 0 Å². The molecule has 0 heterocycles. The largest absolute Gasteiger partial charge is 0.444 e. The summed E-state index contributed by atoms with van der Waals surface area (Å²) in [6.45, 7) is 7.74. The van der Waals surface area contributed by atoms with Crippen molar-refractivity contribution in [1.29, 1.82) is 0 Å².